The molecule has 0 aliphatic carbocycles. The number of hydrogen-bond donors (Lipinski definition) is 1. The molecule has 4 rings (SSSR count). The number of fused-ring (bicyclic) bond motifs is 1. The molecule has 1 aromatic heterocycles. The van der Waals surface area contributed by atoms with Gasteiger partial charge in [-0.15, -0.1) is 0 Å². The van der Waals surface area contributed by atoms with Gasteiger partial charge in [0.1, 0.15) is 18.2 Å². The fourth-order valence-corrected chi connectivity index (χ4v) is 3.32. The Kier molecular flexibility index (Phi) is 5.04. The topological polar surface area (TPSA) is 64.3 Å². The monoisotopic (exact) mass is 386 g/mol. The van der Waals surface area contributed by atoms with E-state index in [-0.39, 0.29) is 0 Å². The Bertz CT molecular complexity index is 1150. The summed E-state index contributed by atoms with van der Waals surface area (Å²) in [5.74, 6) is 0.317. The first-order valence-electron chi connectivity index (χ1n) is 9.49. The van der Waals surface area contributed by atoms with Crippen molar-refractivity contribution in [3.05, 3.63) is 84.2 Å². The SMILES string of the molecule is CC(C(=O)O)c1ccc(-c2ccc(OCc3nc4ccccc4n3C)cc2)cc1. The molecule has 0 fully saturated rings. The maximum Gasteiger partial charge on any atom is 0.310 e. The number of rotatable bonds is 6. The second-order valence-electron chi connectivity index (χ2n) is 7.07. The van der Waals surface area contributed by atoms with Gasteiger partial charge in [-0.25, -0.2) is 4.98 Å². The quantitative estimate of drug-likeness (QED) is 0.506. The maximum absolute atomic E-state index is 11.1. The van der Waals surface area contributed by atoms with Gasteiger partial charge in [-0.1, -0.05) is 48.5 Å². The molecule has 0 aliphatic heterocycles. The molecule has 4 aromatic rings. The lowest BCUT2D eigenvalue weighted by Gasteiger charge is -2.09. The van der Waals surface area contributed by atoms with Crippen LogP contribution in [0, 0.1) is 0 Å². The number of benzene rings is 3. The van der Waals surface area contributed by atoms with Crippen molar-refractivity contribution in [2.45, 2.75) is 19.4 Å². The van der Waals surface area contributed by atoms with Crippen LogP contribution in [0.4, 0.5) is 0 Å². The lowest BCUT2D eigenvalue weighted by Crippen LogP contribution is -2.06. The van der Waals surface area contributed by atoms with E-state index in [1.807, 2.05) is 84.4 Å². The zero-order valence-corrected chi connectivity index (χ0v) is 16.4. The Labute approximate surface area is 169 Å². The Balaban J connectivity index is 1.45. The standard InChI is InChI=1S/C24H22N2O3/c1-16(24(27)28)17-7-9-18(10-8-17)19-11-13-20(14-12-19)29-15-23-25-21-5-3-4-6-22(21)26(23)2/h3-14,16H,15H2,1-2H3,(H,27,28). The zero-order valence-electron chi connectivity index (χ0n) is 16.4. The lowest BCUT2D eigenvalue weighted by molar-refractivity contribution is -0.138. The molecule has 1 atom stereocenters. The molecule has 1 N–H and O–H groups in total. The van der Waals surface area contributed by atoms with Crippen LogP contribution in [-0.4, -0.2) is 20.6 Å². The van der Waals surface area contributed by atoms with Crippen LogP contribution in [0.1, 0.15) is 24.2 Å². The van der Waals surface area contributed by atoms with E-state index in [2.05, 4.69) is 4.98 Å². The fraction of sp³-hybridized carbons (Fsp3) is 0.167. The number of aromatic nitrogens is 2. The molecular formula is C24H22N2O3. The van der Waals surface area contributed by atoms with Crippen LogP contribution in [0.3, 0.4) is 0 Å². The molecule has 0 radical (unpaired) electrons. The van der Waals surface area contributed by atoms with Crippen LogP contribution in [0.2, 0.25) is 0 Å². The van der Waals surface area contributed by atoms with Gasteiger partial charge in [-0.05, 0) is 47.9 Å². The Morgan fingerprint density at radius 2 is 1.62 bits per heavy atom. The van der Waals surface area contributed by atoms with E-state index < -0.39 is 11.9 Å². The third-order valence-corrected chi connectivity index (χ3v) is 5.22. The number of hydrogen-bond acceptors (Lipinski definition) is 3. The summed E-state index contributed by atoms with van der Waals surface area (Å²) in [4.78, 5) is 15.7. The fourth-order valence-electron chi connectivity index (χ4n) is 3.32. The number of carbonyl (C=O) groups is 1. The van der Waals surface area contributed by atoms with E-state index in [9.17, 15) is 4.79 Å². The summed E-state index contributed by atoms with van der Waals surface area (Å²) < 4.78 is 7.97. The average molecular weight is 386 g/mol. The van der Waals surface area contributed by atoms with Gasteiger partial charge in [-0.2, -0.15) is 0 Å². The summed E-state index contributed by atoms with van der Waals surface area (Å²) in [5.41, 5.74) is 4.93. The summed E-state index contributed by atoms with van der Waals surface area (Å²) in [7, 11) is 1.99. The van der Waals surface area contributed by atoms with E-state index in [0.29, 0.717) is 6.61 Å². The molecule has 29 heavy (non-hydrogen) atoms. The van der Waals surface area contributed by atoms with Gasteiger partial charge in [-0.3, -0.25) is 4.79 Å². The van der Waals surface area contributed by atoms with Crippen molar-refractivity contribution in [3.8, 4) is 16.9 Å². The molecule has 5 heteroatoms. The van der Waals surface area contributed by atoms with Crippen LogP contribution < -0.4 is 4.74 Å². The highest BCUT2D eigenvalue weighted by Gasteiger charge is 2.13. The van der Waals surface area contributed by atoms with Gasteiger partial charge in [0.15, 0.2) is 0 Å². The number of aryl methyl sites for hydroxylation is 1. The smallest absolute Gasteiger partial charge is 0.310 e. The van der Waals surface area contributed by atoms with Crippen molar-refractivity contribution in [2.24, 2.45) is 7.05 Å². The molecule has 0 saturated carbocycles. The molecule has 146 valence electrons. The summed E-state index contributed by atoms with van der Waals surface area (Å²) in [5, 5.41) is 9.12. The van der Waals surface area contributed by atoms with Crippen LogP contribution in [0.25, 0.3) is 22.2 Å². The predicted molar refractivity (Wildman–Crippen MR) is 113 cm³/mol. The van der Waals surface area contributed by atoms with E-state index in [1.54, 1.807) is 6.92 Å². The molecule has 3 aromatic carbocycles. The number of imidazole rings is 1. The normalized spacial score (nSPS) is 12.1. The number of ether oxygens (including phenoxy) is 1. The number of aliphatic carboxylic acids is 1. The number of carboxylic acids is 1. The summed E-state index contributed by atoms with van der Waals surface area (Å²) in [6.07, 6.45) is 0. The van der Waals surface area contributed by atoms with Crippen LogP contribution >= 0.6 is 0 Å². The second kappa shape index (κ2) is 7.80. The highest BCUT2D eigenvalue weighted by atomic mass is 16.5. The minimum Gasteiger partial charge on any atom is -0.486 e. The Morgan fingerprint density at radius 1 is 1.00 bits per heavy atom. The highest BCUT2D eigenvalue weighted by Crippen LogP contribution is 2.25. The number of para-hydroxylation sites is 2. The largest absolute Gasteiger partial charge is 0.486 e. The van der Waals surface area contributed by atoms with Crippen LogP contribution in [-0.2, 0) is 18.4 Å². The van der Waals surface area contributed by atoms with Crippen molar-refractivity contribution >= 4 is 17.0 Å². The highest BCUT2D eigenvalue weighted by molar-refractivity contribution is 5.76. The third-order valence-electron chi connectivity index (χ3n) is 5.22. The molecular weight excluding hydrogens is 364 g/mol. The van der Waals surface area contributed by atoms with Gasteiger partial charge in [0.05, 0.1) is 17.0 Å². The molecule has 1 unspecified atom stereocenters. The predicted octanol–water partition coefficient (Wildman–Crippen LogP) is 5.01. The van der Waals surface area contributed by atoms with Gasteiger partial charge >= 0.3 is 5.97 Å². The molecule has 0 saturated heterocycles. The molecule has 5 nitrogen and oxygen atoms in total. The van der Waals surface area contributed by atoms with Crippen LogP contribution in [0.5, 0.6) is 5.75 Å². The first-order chi connectivity index (χ1) is 14.0. The summed E-state index contributed by atoms with van der Waals surface area (Å²) in [6, 6.07) is 23.5. The second-order valence-corrected chi connectivity index (χ2v) is 7.07. The van der Waals surface area contributed by atoms with Crippen molar-refractivity contribution in [1.29, 1.82) is 0 Å². The molecule has 0 amide bonds. The minimum atomic E-state index is -0.820. The first-order valence-corrected chi connectivity index (χ1v) is 9.49. The number of nitrogens with zero attached hydrogens (tertiary/aromatic N) is 2. The molecule has 0 bridgehead atoms. The van der Waals surface area contributed by atoms with Gasteiger partial charge in [0, 0.05) is 7.05 Å². The minimum absolute atomic E-state index is 0.395. The van der Waals surface area contributed by atoms with Crippen molar-refractivity contribution in [2.75, 3.05) is 0 Å². The first kappa shape index (κ1) is 18.7. The Morgan fingerprint density at radius 3 is 2.24 bits per heavy atom. The maximum atomic E-state index is 11.1. The van der Waals surface area contributed by atoms with Crippen molar-refractivity contribution in [1.82, 2.24) is 9.55 Å². The third kappa shape index (κ3) is 3.85. The summed E-state index contributed by atoms with van der Waals surface area (Å²) >= 11 is 0. The van der Waals surface area contributed by atoms with E-state index in [4.69, 9.17) is 9.84 Å². The van der Waals surface area contributed by atoms with E-state index in [1.165, 1.54) is 0 Å². The van der Waals surface area contributed by atoms with E-state index >= 15 is 0 Å². The number of carboxylic acid groups (broad SMARTS) is 1. The molecule has 1 heterocycles. The van der Waals surface area contributed by atoms with Crippen LogP contribution in [0.15, 0.2) is 72.8 Å². The van der Waals surface area contributed by atoms with Crippen molar-refractivity contribution in [3.63, 3.8) is 0 Å². The Hall–Kier alpha value is -3.60. The molecule has 0 spiro atoms. The zero-order chi connectivity index (χ0) is 20.4. The van der Waals surface area contributed by atoms with Gasteiger partial charge in [0.2, 0.25) is 0 Å². The van der Waals surface area contributed by atoms with Gasteiger partial charge in [0.25, 0.3) is 0 Å². The van der Waals surface area contributed by atoms with Crippen molar-refractivity contribution < 1.29 is 14.6 Å². The average Bonchev–Trinajstić information content (AvgIpc) is 3.08. The summed E-state index contributed by atoms with van der Waals surface area (Å²) in [6.45, 7) is 2.08. The van der Waals surface area contributed by atoms with E-state index in [0.717, 1.165) is 39.3 Å². The lowest BCUT2D eigenvalue weighted by atomic mass is 9.98. The van der Waals surface area contributed by atoms with Gasteiger partial charge < -0.3 is 14.4 Å². The molecule has 0 aliphatic rings.